The molecule has 0 unspecified atom stereocenters. The minimum atomic E-state index is 0.0461. The summed E-state index contributed by atoms with van der Waals surface area (Å²) >= 11 is 0. The topological polar surface area (TPSA) is 48.1 Å². The van der Waals surface area contributed by atoms with Crippen molar-refractivity contribution < 1.29 is 4.74 Å². The van der Waals surface area contributed by atoms with Crippen LogP contribution >= 0.6 is 0 Å². The number of nitrogen functional groups attached to an aromatic ring is 1. The molecule has 20 heavy (non-hydrogen) atoms. The lowest BCUT2D eigenvalue weighted by Crippen LogP contribution is -2.14. The van der Waals surface area contributed by atoms with Gasteiger partial charge in [0.1, 0.15) is 12.4 Å². The number of aromatic nitrogens is 1. The minimum absolute atomic E-state index is 0.0461. The van der Waals surface area contributed by atoms with E-state index in [-0.39, 0.29) is 5.41 Å². The third-order valence-corrected chi connectivity index (χ3v) is 3.16. The predicted octanol–water partition coefficient (Wildman–Crippen LogP) is 3.85. The standard InChI is InChI=1S/C17H22N2O/c1-12-5-6-16(15(9-12)17(2,3)4)20-11-14-10-13(18)7-8-19-14/h5-10H,11H2,1-4H3,(H2,18,19). The van der Waals surface area contributed by atoms with Crippen LogP contribution < -0.4 is 10.5 Å². The summed E-state index contributed by atoms with van der Waals surface area (Å²) in [6, 6.07) is 9.89. The fourth-order valence-corrected chi connectivity index (χ4v) is 2.08. The first kappa shape index (κ1) is 14.4. The van der Waals surface area contributed by atoms with Crippen molar-refractivity contribution in [2.75, 3.05) is 5.73 Å². The average molecular weight is 270 g/mol. The van der Waals surface area contributed by atoms with Crippen LogP contribution in [0.4, 0.5) is 5.69 Å². The van der Waals surface area contributed by atoms with Crippen molar-refractivity contribution >= 4 is 5.69 Å². The first-order valence-electron chi connectivity index (χ1n) is 6.80. The molecule has 0 amide bonds. The number of ether oxygens (including phenoxy) is 1. The third kappa shape index (κ3) is 3.50. The first-order chi connectivity index (χ1) is 9.36. The van der Waals surface area contributed by atoms with E-state index in [4.69, 9.17) is 10.5 Å². The van der Waals surface area contributed by atoms with Crippen molar-refractivity contribution in [3.8, 4) is 5.75 Å². The number of hydrogen-bond donors (Lipinski definition) is 1. The molecule has 0 bridgehead atoms. The van der Waals surface area contributed by atoms with E-state index >= 15 is 0 Å². The molecule has 3 nitrogen and oxygen atoms in total. The van der Waals surface area contributed by atoms with Gasteiger partial charge >= 0.3 is 0 Å². The van der Waals surface area contributed by atoms with Gasteiger partial charge in [-0.3, -0.25) is 4.98 Å². The molecule has 2 aromatic rings. The normalized spacial score (nSPS) is 11.4. The van der Waals surface area contributed by atoms with Crippen molar-refractivity contribution in [2.24, 2.45) is 0 Å². The molecule has 0 spiro atoms. The number of nitrogens with two attached hydrogens (primary N) is 1. The maximum absolute atomic E-state index is 5.94. The van der Waals surface area contributed by atoms with Gasteiger partial charge in [0.05, 0.1) is 5.69 Å². The second kappa shape index (κ2) is 5.53. The minimum Gasteiger partial charge on any atom is -0.487 e. The Morgan fingerprint density at radius 2 is 1.90 bits per heavy atom. The number of hydrogen-bond acceptors (Lipinski definition) is 3. The summed E-state index contributed by atoms with van der Waals surface area (Å²) < 4.78 is 5.94. The lowest BCUT2D eigenvalue weighted by Gasteiger charge is -2.23. The molecule has 106 valence electrons. The van der Waals surface area contributed by atoms with Gasteiger partial charge in [-0.05, 0) is 36.1 Å². The maximum atomic E-state index is 5.94. The Balaban J connectivity index is 2.21. The van der Waals surface area contributed by atoms with Crippen LogP contribution in [0.3, 0.4) is 0 Å². The monoisotopic (exact) mass is 270 g/mol. The molecule has 1 aromatic carbocycles. The SMILES string of the molecule is Cc1ccc(OCc2cc(N)ccn2)c(C(C)(C)C)c1. The number of aryl methyl sites for hydroxylation is 1. The van der Waals surface area contributed by atoms with Gasteiger partial charge in [-0.1, -0.05) is 38.5 Å². The van der Waals surface area contributed by atoms with E-state index in [0.717, 1.165) is 11.4 Å². The highest BCUT2D eigenvalue weighted by molar-refractivity contribution is 5.42. The van der Waals surface area contributed by atoms with Crippen LogP contribution in [-0.2, 0) is 12.0 Å². The zero-order chi connectivity index (χ0) is 14.8. The maximum Gasteiger partial charge on any atom is 0.130 e. The Morgan fingerprint density at radius 1 is 1.15 bits per heavy atom. The molecular formula is C17H22N2O. The van der Waals surface area contributed by atoms with Gasteiger partial charge < -0.3 is 10.5 Å². The summed E-state index contributed by atoms with van der Waals surface area (Å²) in [6.07, 6.45) is 1.70. The molecule has 0 saturated heterocycles. The van der Waals surface area contributed by atoms with Gasteiger partial charge in [-0.15, -0.1) is 0 Å². The summed E-state index contributed by atoms with van der Waals surface area (Å²) in [5.41, 5.74) is 9.79. The second-order valence-electron chi connectivity index (χ2n) is 6.12. The van der Waals surface area contributed by atoms with Crippen LogP contribution in [0.25, 0.3) is 0 Å². The highest BCUT2D eigenvalue weighted by Gasteiger charge is 2.19. The zero-order valence-electron chi connectivity index (χ0n) is 12.6. The fourth-order valence-electron chi connectivity index (χ4n) is 2.08. The number of rotatable bonds is 3. The number of pyridine rings is 1. The quantitative estimate of drug-likeness (QED) is 0.921. The summed E-state index contributed by atoms with van der Waals surface area (Å²) in [4.78, 5) is 4.26. The molecule has 3 heteroatoms. The fraction of sp³-hybridized carbons (Fsp3) is 0.353. The number of nitrogens with zero attached hydrogens (tertiary/aromatic N) is 1. The van der Waals surface area contributed by atoms with Gasteiger partial charge in [0.25, 0.3) is 0 Å². The number of benzene rings is 1. The average Bonchev–Trinajstić information content (AvgIpc) is 2.36. The molecule has 2 rings (SSSR count). The Morgan fingerprint density at radius 3 is 2.55 bits per heavy atom. The highest BCUT2D eigenvalue weighted by atomic mass is 16.5. The predicted molar refractivity (Wildman–Crippen MR) is 82.9 cm³/mol. The molecule has 0 fully saturated rings. The highest BCUT2D eigenvalue weighted by Crippen LogP contribution is 2.32. The van der Waals surface area contributed by atoms with E-state index in [2.05, 4.69) is 44.8 Å². The van der Waals surface area contributed by atoms with Crippen molar-refractivity contribution in [3.05, 3.63) is 53.3 Å². The molecule has 2 N–H and O–H groups in total. The molecular weight excluding hydrogens is 248 g/mol. The van der Waals surface area contributed by atoms with E-state index in [1.807, 2.05) is 12.1 Å². The van der Waals surface area contributed by atoms with Crippen LogP contribution in [0.15, 0.2) is 36.5 Å². The van der Waals surface area contributed by atoms with Crippen LogP contribution in [0, 0.1) is 6.92 Å². The summed E-state index contributed by atoms with van der Waals surface area (Å²) in [5.74, 6) is 0.910. The van der Waals surface area contributed by atoms with E-state index in [1.165, 1.54) is 11.1 Å². The van der Waals surface area contributed by atoms with E-state index in [1.54, 1.807) is 12.3 Å². The molecule has 0 aliphatic rings. The summed E-state index contributed by atoms with van der Waals surface area (Å²) in [6.45, 7) is 9.09. The smallest absolute Gasteiger partial charge is 0.130 e. The van der Waals surface area contributed by atoms with Crippen molar-refractivity contribution in [2.45, 2.75) is 39.7 Å². The van der Waals surface area contributed by atoms with Gasteiger partial charge in [0, 0.05) is 11.9 Å². The lowest BCUT2D eigenvalue weighted by molar-refractivity contribution is 0.293. The van der Waals surface area contributed by atoms with E-state index in [0.29, 0.717) is 12.3 Å². The van der Waals surface area contributed by atoms with Gasteiger partial charge in [0.2, 0.25) is 0 Å². The molecule has 1 heterocycles. The largest absolute Gasteiger partial charge is 0.487 e. The Bertz CT molecular complexity index is 600. The van der Waals surface area contributed by atoms with Crippen LogP contribution in [0.1, 0.15) is 37.6 Å². The first-order valence-corrected chi connectivity index (χ1v) is 6.80. The van der Waals surface area contributed by atoms with E-state index < -0.39 is 0 Å². The zero-order valence-corrected chi connectivity index (χ0v) is 12.6. The second-order valence-corrected chi connectivity index (χ2v) is 6.12. The van der Waals surface area contributed by atoms with Crippen LogP contribution in [-0.4, -0.2) is 4.98 Å². The Labute approximate surface area is 120 Å². The van der Waals surface area contributed by atoms with Crippen molar-refractivity contribution in [3.63, 3.8) is 0 Å². The molecule has 0 atom stereocenters. The molecule has 0 saturated carbocycles. The third-order valence-electron chi connectivity index (χ3n) is 3.16. The van der Waals surface area contributed by atoms with Crippen LogP contribution in [0.5, 0.6) is 5.75 Å². The van der Waals surface area contributed by atoms with Gasteiger partial charge in [0.15, 0.2) is 0 Å². The lowest BCUT2D eigenvalue weighted by atomic mass is 9.85. The molecule has 0 radical (unpaired) electrons. The molecule has 1 aromatic heterocycles. The molecule has 0 aliphatic carbocycles. The van der Waals surface area contributed by atoms with E-state index in [9.17, 15) is 0 Å². The van der Waals surface area contributed by atoms with Gasteiger partial charge in [-0.2, -0.15) is 0 Å². The summed E-state index contributed by atoms with van der Waals surface area (Å²) in [7, 11) is 0. The Hall–Kier alpha value is -2.03. The van der Waals surface area contributed by atoms with Crippen molar-refractivity contribution in [1.82, 2.24) is 4.98 Å². The molecule has 0 aliphatic heterocycles. The van der Waals surface area contributed by atoms with Crippen molar-refractivity contribution in [1.29, 1.82) is 0 Å². The Kier molecular flexibility index (Phi) is 3.98. The summed E-state index contributed by atoms with van der Waals surface area (Å²) in [5, 5.41) is 0. The van der Waals surface area contributed by atoms with Crippen LogP contribution in [0.2, 0.25) is 0 Å². The number of anilines is 1. The van der Waals surface area contributed by atoms with Gasteiger partial charge in [-0.25, -0.2) is 0 Å².